The molecule has 0 aliphatic carbocycles. The largest absolute Gasteiger partial charge is 0.478 e. The molecular formula is C64H108N4O4. The van der Waals surface area contributed by atoms with Crippen LogP contribution in [0.3, 0.4) is 0 Å². The minimum Gasteiger partial charge on any atom is -0.478 e. The highest BCUT2D eigenvalue weighted by molar-refractivity contribution is 5.18. The molecule has 0 unspecified atom stereocenters. The first kappa shape index (κ1) is 65.8. The summed E-state index contributed by atoms with van der Waals surface area (Å²) >= 11 is 0. The number of pyridine rings is 4. The second-order valence-corrected chi connectivity index (χ2v) is 26.9. The molecule has 4 heterocycles. The zero-order valence-corrected chi connectivity index (χ0v) is 50.1. The van der Waals surface area contributed by atoms with Crippen molar-refractivity contribution in [3.8, 4) is 23.5 Å². The van der Waals surface area contributed by atoms with E-state index in [0.717, 1.165) is 78.4 Å². The normalized spacial score (nSPS) is 12.1. The number of aryl methyl sites for hydroxylation is 4. The standard InChI is InChI=1S/2C18H31NO.C16H27NO.C12H19NO/c2*1-17(2,3)13-8-7-10-15-11-9-12-16(19-15)20-14-18(4,5)6;1-15(2,3)11-10-13-8-7-9-14(17-13)18-12-16(4,5)6;1-3-5-6-8-11-9-7-10-12(13-11)14-4-2/h2*9,11-12H,7-8,10,13-14H2,1-6H3;7-9H,10-12H2,1-6H3;7,9-10H,3-6,8H2,1-2H3. The summed E-state index contributed by atoms with van der Waals surface area (Å²) in [6.07, 6.45) is 16.5. The summed E-state index contributed by atoms with van der Waals surface area (Å²) in [4.78, 5) is 18.1. The molecule has 4 aromatic heterocycles. The van der Waals surface area contributed by atoms with Crippen molar-refractivity contribution in [1.82, 2.24) is 19.9 Å². The molecule has 0 aliphatic rings. The van der Waals surface area contributed by atoms with E-state index < -0.39 is 0 Å². The van der Waals surface area contributed by atoms with Gasteiger partial charge in [0.1, 0.15) is 0 Å². The summed E-state index contributed by atoms with van der Waals surface area (Å²) < 4.78 is 22.6. The van der Waals surface area contributed by atoms with Crippen LogP contribution in [-0.4, -0.2) is 46.4 Å². The number of hydrogen-bond acceptors (Lipinski definition) is 8. The molecule has 8 heteroatoms. The number of hydrogen-bond donors (Lipinski definition) is 0. The minimum absolute atomic E-state index is 0.170. The van der Waals surface area contributed by atoms with Gasteiger partial charge in [-0.05, 0) is 128 Å². The molecule has 8 nitrogen and oxygen atoms in total. The second kappa shape index (κ2) is 32.9. The predicted molar refractivity (Wildman–Crippen MR) is 308 cm³/mol. The summed E-state index contributed by atoms with van der Waals surface area (Å²) in [5.41, 5.74) is 6.29. The van der Waals surface area contributed by atoms with E-state index in [4.69, 9.17) is 18.9 Å². The van der Waals surface area contributed by atoms with Gasteiger partial charge >= 0.3 is 0 Å². The predicted octanol–water partition coefficient (Wildman–Crippen LogP) is 18.2. The van der Waals surface area contributed by atoms with Crippen molar-refractivity contribution in [2.45, 2.75) is 228 Å². The molecule has 0 saturated carbocycles. The monoisotopic (exact) mass is 997 g/mol. The Bertz CT molecular complexity index is 1890. The van der Waals surface area contributed by atoms with Gasteiger partial charge in [0, 0.05) is 47.0 Å². The summed E-state index contributed by atoms with van der Waals surface area (Å²) in [5, 5.41) is 0. The highest BCUT2D eigenvalue weighted by Gasteiger charge is 2.16. The zero-order chi connectivity index (χ0) is 54.5. The summed E-state index contributed by atoms with van der Waals surface area (Å²) in [7, 11) is 0. The summed E-state index contributed by atoms with van der Waals surface area (Å²) in [5.74, 6) is 3.01. The van der Waals surface area contributed by atoms with Crippen LogP contribution in [0.25, 0.3) is 0 Å². The Morgan fingerprint density at radius 2 is 0.583 bits per heavy atom. The molecule has 0 spiro atoms. The van der Waals surface area contributed by atoms with Crippen LogP contribution in [0.4, 0.5) is 0 Å². The lowest BCUT2D eigenvalue weighted by Gasteiger charge is -2.19. The van der Waals surface area contributed by atoms with Crippen molar-refractivity contribution in [2.24, 2.45) is 32.5 Å². The Morgan fingerprint density at radius 1 is 0.306 bits per heavy atom. The Morgan fingerprint density at radius 3 is 0.847 bits per heavy atom. The number of unbranched alkanes of at least 4 members (excludes halogenated alkanes) is 4. The molecule has 4 aromatic rings. The average molecular weight is 998 g/mol. The van der Waals surface area contributed by atoms with Gasteiger partial charge in [-0.2, -0.15) is 0 Å². The lowest BCUT2D eigenvalue weighted by molar-refractivity contribution is 0.191. The second-order valence-electron chi connectivity index (χ2n) is 26.9. The van der Waals surface area contributed by atoms with Crippen LogP contribution >= 0.6 is 0 Å². The van der Waals surface area contributed by atoms with Crippen molar-refractivity contribution < 1.29 is 18.9 Å². The van der Waals surface area contributed by atoms with Crippen LogP contribution in [-0.2, 0) is 25.7 Å². The molecule has 0 bridgehead atoms. The van der Waals surface area contributed by atoms with Crippen LogP contribution in [0.15, 0.2) is 72.8 Å². The van der Waals surface area contributed by atoms with E-state index in [1.165, 1.54) is 57.8 Å². The average Bonchev–Trinajstić information content (AvgIpc) is 3.27. The third kappa shape index (κ3) is 39.3. The lowest BCUT2D eigenvalue weighted by Crippen LogP contribution is -2.17. The maximum absolute atomic E-state index is 5.76. The number of aromatic nitrogens is 4. The van der Waals surface area contributed by atoms with E-state index in [2.05, 4.69) is 176 Å². The molecule has 0 saturated heterocycles. The third-order valence-corrected chi connectivity index (χ3v) is 10.8. The van der Waals surface area contributed by atoms with Crippen LogP contribution in [0.5, 0.6) is 23.5 Å². The third-order valence-electron chi connectivity index (χ3n) is 10.8. The van der Waals surface area contributed by atoms with Gasteiger partial charge in [0.25, 0.3) is 0 Å². The van der Waals surface area contributed by atoms with Gasteiger partial charge in [-0.1, -0.05) is 181 Å². The topological polar surface area (TPSA) is 88.5 Å². The molecule has 0 aromatic carbocycles. The Kier molecular flexibility index (Phi) is 30.0. The first-order valence-corrected chi connectivity index (χ1v) is 27.7. The maximum Gasteiger partial charge on any atom is 0.213 e. The molecule has 0 fully saturated rings. The van der Waals surface area contributed by atoms with Gasteiger partial charge in [0.2, 0.25) is 23.5 Å². The van der Waals surface area contributed by atoms with Gasteiger partial charge in [0.05, 0.1) is 26.4 Å². The van der Waals surface area contributed by atoms with Crippen molar-refractivity contribution >= 4 is 0 Å². The Balaban J connectivity index is 0.000000484. The highest BCUT2D eigenvalue weighted by atomic mass is 16.5. The van der Waals surface area contributed by atoms with Crippen LogP contribution in [0, 0.1) is 32.5 Å². The number of ether oxygens (including phenoxy) is 4. The SMILES string of the molecule is CC(C)(C)CCCCc1cccc(OCC(C)(C)C)n1.CC(C)(C)CCCCc1cccc(OCC(C)(C)C)n1.CC(C)(C)CCc1cccc(OCC(C)(C)C)n1.CCCCCc1cccc(OCC)n1. The van der Waals surface area contributed by atoms with E-state index in [9.17, 15) is 0 Å². The van der Waals surface area contributed by atoms with Gasteiger partial charge in [-0.25, -0.2) is 19.9 Å². The van der Waals surface area contributed by atoms with Crippen molar-refractivity contribution in [3.05, 3.63) is 95.6 Å². The molecule has 4 rings (SSSR count). The number of rotatable bonds is 22. The molecule has 72 heavy (non-hydrogen) atoms. The zero-order valence-electron chi connectivity index (χ0n) is 50.1. The molecule has 0 N–H and O–H groups in total. The van der Waals surface area contributed by atoms with Crippen LogP contribution in [0.2, 0.25) is 0 Å². The molecule has 0 atom stereocenters. The van der Waals surface area contributed by atoms with Gasteiger partial charge in [-0.3, -0.25) is 0 Å². The highest BCUT2D eigenvalue weighted by Crippen LogP contribution is 2.25. The van der Waals surface area contributed by atoms with Crippen molar-refractivity contribution in [3.63, 3.8) is 0 Å². The summed E-state index contributed by atoms with van der Waals surface area (Å²) in [6.45, 7) is 47.0. The van der Waals surface area contributed by atoms with E-state index in [-0.39, 0.29) is 16.2 Å². The van der Waals surface area contributed by atoms with E-state index in [1.807, 2.05) is 55.5 Å². The smallest absolute Gasteiger partial charge is 0.213 e. The Labute approximate surface area is 443 Å². The fourth-order valence-corrected chi connectivity index (χ4v) is 6.71. The fourth-order valence-electron chi connectivity index (χ4n) is 6.71. The van der Waals surface area contributed by atoms with Crippen molar-refractivity contribution in [2.75, 3.05) is 26.4 Å². The number of nitrogens with zero attached hydrogens (tertiary/aromatic N) is 4. The minimum atomic E-state index is 0.170. The quantitative estimate of drug-likeness (QED) is 0.0720. The molecule has 0 radical (unpaired) electrons. The first-order chi connectivity index (χ1) is 33.3. The fraction of sp³-hybridized carbons (Fsp3) is 0.688. The molecular weight excluding hydrogens is 889 g/mol. The van der Waals surface area contributed by atoms with E-state index in [0.29, 0.717) is 42.7 Å². The van der Waals surface area contributed by atoms with Crippen LogP contribution < -0.4 is 18.9 Å². The van der Waals surface area contributed by atoms with Gasteiger partial charge < -0.3 is 18.9 Å². The maximum atomic E-state index is 5.76. The van der Waals surface area contributed by atoms with Crippen LogP contribution in [0.1, 0.15) is 225 Å². The van der Waals surface area contributed by atoms with Gasteiger partial charge in [-0.15, -0.1) is 0 Å². The first-order valence-electron chi connectivity index (χ1n) is 27.7. The van der Waals surface area contributed by atoms with Crippen molar-refractivity contribution in [1.29, 1.82) is 0 Å². The molecule has 408 valence electrons. The van der Waals surface area contributed by atoms with E-state index in [1.54, 1.807) is 0 Å². The lowest BCUT2D eigenvalue weighted by atomic mass is 9.89. The summed E-state index contributed by atoms with van der Waals surface area (Å²) in [6, 6.07) is 24.2. The molecule has 0 aliphatic heterocycles. The van der Waals surface area contributed by atoms with E-state index >= 15 is 0 Å². The Hall–Kier alpha value is -4.20. The molecule has 0 amide bonds. The van der Waals surface area contributed by atoms with Gasteiger partial charge in [0.15, 0.2) is 0 Å².